The average molecular weight is 421 g/mol. The van der Waals surface area contributed by atoms with Crippen LogP contribution in [0.2, 0.25) is 0 Å². The smallest absolute Gasteiger partial charge is 0.303 e. The van der Waals surface area contributed by atoms with Crippen LogP contribution in [0.3, 0.4) is 0 Å². The second-order valence-corrected chi connectivity index (χ2v) is 7.56. The van der Waals surface area contributed by atoms with E-state index < -0.39 is 5.97 Å². The van der Waals surface area contributed by atoms with Crippen molar-refractivity contribution >= 4 is 11.9 Å². The van der Waals surface area contributed by atoms with Gasteiger partial charge in [-0.25, -0.2) is 0 Å². The summed E-state index contributed by atoms with van der Waals surface area (Å²) in [5.74, 6) is 0.132. The van der Waals surface area contributed by atoms with Crippen molar-refractivity contribution in [2.75, 3.05) is 46.0 Å². The largest absolute Gasteiger partial charge is 0.481 e. The van der Waals surface area contributed by atoms with Crippen molar-refractivity contribution in [3.63, 3.8) is 0 Å². The van der Waals surface area contributed by atoms with Crippen molar-refractivity contribution in [2.24, 2.45) is 5.92 Å². The number of carbonyl (C=O) groups is 2. The Hall–Kier alpha value is -1.22. The van der Waals surface area contributed by atoms with E-state index in [0.717, 1.165) is 31.6 Å². The number of nitrogens with one attached hydrogen (secondary N) is 1. The Morgan fingerprint density at radius 3 is 1.79 bits per heavy atom. The van der Waals surface area contributed by atoms with Crippen LogP contribution in [-0.2, 0) is 9.59 Å². The SMILES string of the molecule is CC(C)CCCCCC(=O)NCCCCCC(=O)O.OCCN(CCO)CCO. The first-order valence-corrected chi connectivity index (χ1v) is 10.9. The lowest BCUT2D eigenvalue weighted by molar-refractivity contribution is -0.137. The van der Waals surface area contributed by atoms with E-state index in [9.17, 15) is 9.59 Å². The number of rotatable bonds is 18. The van der Waals surface area contributed by atoms with Crippen LogP contribution in [0.1, 0.15) is 71.6 Å². The molecule has 0 radical (unpaired) electrons. The number of carboxylic acids is 1. The van der Waals surface area contributed by atoms with Gasteiger partial charge in [0.25, 0.3) is 0 Å². The highest BCUT2D eigenvalue weighted by Crippen LogP contribution is 2.09. The van der Waals surface area contributed by atoms with Gasteiger partial charge in [0.1, 0.15) is 0 Å². The van der Waals surface area contributed by atoms with Crippen LogP contribution < -0.4 is 5.32 Å². The van der Waals surface area contributed by atoms with Crippen LogP contribution in [0.5, 0.6) is 0 Å². The Labute approximate surface area is 176 Å². The molecule has 0 rings (SSSR count). The lowest BCUT2D eigenvalue weighted by atomic mass is 10.0. The number of aliphatic carboxylic acids is 1. The summed E-state index contributed by atoms with van der Waals surface area (Å²) in [7, 11) is 0. The van der Waals surface area contributed by atoms with Crippen LogP contribution in [0, 0.1) is 5.92 Å². The Morgan fingerprint density at radius 1 is 0.793 bits per heavy atom. The van der Waals surface area contributed by atoms with Gasteiger partial charge in [-0.3, -0.25) is 14.5 Å². The monoisotopic (exact) mass is 420 g/mol. The van der Waals surface area contributed by atoms with Crippen molar-refractivity contribution in [1.29, 1.82) is 0 Å². The number of nitrogens with zero attached hydrogens (tertiary/aromatic N) is 1. The summed E-state index contributed by atoms with van der Waals surface area (Å²) in [5, 5.41) is 36.8. The topological polar surface area (TPSA) is 130 Å². The highest BCUT2D eigenvalue weighted by atomic mass is 16.4. The highest BCUT2D eigenvalue weighted by molar-refractivity contribution is 5.75. The van der Waals surface area contributed by atoms with Gasteiger partial charge >= 0.3 is 5.97 Å². The molecule has 1 amide bonds. The number of carbonyl (C=O) groups excluding carboxylic acids is 1. The number of aliphatic hydroxyl groups excluding tert-OH is 3. The number of aliphatic hydroxyl groups is 3. The number of carboxylic acid groups (broad SMARTS) is 1. The predicted octanol–water partition coefficient (Wildman–Crippen LogP) is 1.62. The molecule has 5 N–H and O–H groups in total. The summed E-state index contributed by atoms with van der Waals surface area (Å²) in [4.78, 5) is 23.6. The van der Waals surface area contributed by atoms with Gasteiger partial charge in [0.2, 0.25) is 5.91 Å². The fourth-order valence-corrected chi connectivity index (χ4v) is 2.67. The van der Waals surface area contributed by atoms with E-state index in [0.29, 0.717) is 39.0 Å². The number of amides is 1. The van der Waals surface area contributed by atoms with E-state index in [4.69, 9.17) is 20.4 Å². The molecule has 0 atom stereocenters. The lowest BCUT2D eigenvalue weighted by Gasteiger charge is -2.17. The van der Waals surface area contributed by atoms with Crippen LogP contribution in [-0.4, -0.2) is 83.2 Å². The molecule has 0 aromatic rings. The fourth-order valence-electron chi connectivity index (χ4n) is 2.67. The maximum atomic E-state index is 11.5. The van der Waals surface area contributed by atoms with E-state index in [1.807, 2.05) is 0 Å². The van der Waals surface area contributed by atoms with Gasteiger partial charge in [-0.15, -0.1) is 0 Å². The van der Waals surface area contributed by atoms with Crippen LogP contribution >= 0.6 is 0 Å². The molecule has 0 saturated heterocycles. The number of hydrogen-bond acceptors (Lipinski definition) is 6. The zero-order valence-electron chi connectivity index (χ0n) is 18.4. The summed E-state index contributed by atoms with van der Waals surface area (Å²) in [5.41, 5.74) is 0. The first kappa shape index (κ1) is 30.0. The maximum absolute atomic E-state index is 11.5. The van der Waals surface area contributed by atoms with Gasteiger partial charge < -0.3 is 25.7 Å². The molecule has 0 fully saturated rings. The molecule has 0 heterocycles. The third kappa shape index (κ3) is 26.8. The Kier molecular flexibility index (Phi) is 23.8. The molecule has 8 nitrogen and oxygen atoms in total. The standard InChI is InChI=1S/C15H29NO3.C6H15NO3/c1-13(2)9-5-3-6-10-14(17)16-12-8-4-7-11-15(18)19;8-4-1-7(2-5-9)3-6-10/h13H,3-12H2,1-2H3,(H,16,17)(H,18,19);8-10H,1-6H2. The van der Waals surface area contributed by atoms with Crippen molar-refractivity contribution in [1.82, 2.24) is 10.2 Å². The van der Waals surface area contributed by atoms with E-state index >= 15 is 0 Å². The van der Waals surface area contributed by atoms with E-state index in [-0.39, 0.29) is 32.1 Å². The summed E-state index contributed by atoms with van der Waals surface area (Å²) >= 11 is 0. The summed E-state index contributed by atoms with van der Waals surface area (Å²) < 4.78 is 0. The van der Waals surface area contributed by atoms with E-state index in [2.05, 4.69) is 19.2 Å². The van der Waals surface area contributed by atoms with Gasteiger partial charge in [0.05, 0.1) is 19.8 Å². The lowest BCUT2D eigenvalue weighted by Crippen LogP contribution is -2.32. The second kappa shape index (κ2) is 23.1. The van der Waals surface area contributed by atoms with Gasteiger partial charge in [-0.1, -0.05) is 39.5 Å². The minimum atomic E-state index is -0.745. The second-order valence-electron chi connectivity index (χ2n) is 7.56. The van der Waals surface area contributed by atoms with Crippen molar-refractivity contribution in [3.05, 3.63) is 0 Å². The predicted molar refractivity (Wildman–Crippen MR) is 115 cm³/mol. The fraction of sp³-hybridized carbons (Fsp3) is 0.905. The van der Waals surface area contributed by atoms with Crippen molar-refractivity contribution in [3.8, 4) is 0 Å². The third-order valence-electron chi connectivity index (χ3n) is 4.32. The quantitative estimate of drug-likeness (QED) is 0.213. The molecule has 0 aliphatic heterocycles. The van der Waals surface area contributed by atoms with Crippen LogP contribution in [0.15, 0.2) is 0 Å². The summed E-state index contributed by atoms with van der Waals surface area (Å²) in [6.45, 7) is 6.86. The Balaban J connectivity index is 0. The number of unbranched alkanes of at least 4 members (excludes halogenated alkanes) is 4. The van der Waals surface area contributed by atoms with Gasteiger partial charge in [-0.2, -0.15) is 0 Å². The first-order chi connectivity index (χ1) is 13.9. The molecule has 0 aliphatic carbocycles. The molecule has 0 unspecified atom stereocenters. The molecule has 0 aliphatic rings. The molecule has 0 aromatic heterocycles. The van der Waals surface area contributed by atoms with E-state index in [1.165, 1.54) is 12.8 Å². The zero-order valence-corrected chi connectivity index (χ0v) is 18.4. The minimum absolute atomic E-state index is 0.0694. The van der Waals surface area contributed by atoms with Crippen molar-refractivity contribution < 1.29 is 30.0 Å². The molecule has 0 bridgehead atoms. The average Bonchev–Trinajstić information content (AvgIpc) is 2.65. The normalized spacial score (nSPS) is 10.7. The Morgan fingerprint density at radius 2 is 1.31 bits per heavy atom. The molecular weight excluding hydrogens is 376 g/mol. The highest BCUT2D eigenvalue weighted by Gasteiger charge is 2.02. The maximum Gasteiger partial charge on any atom is 0.303 e. The van der Waals surface area contributed by atoms with Crippen LogP contribution in [0.4, 0.5) is 0 Å². The molecule has 29 heavy (non-hydrogen) atoms. The van der Waals surface area contributed by atoms with E-state index in [1.54, 1.807) is 4.90 Å². The number of hydrogen-bond donors (Lipinski definition) is 5. The molecule has 8 heteroatoms. The Bertz CT molecular complexity index is 366. The van der Waals surface area contributed by atoms with Gasteiger partial charge in [0, 0.05) is 39.0 Å². The molecule has 0 spiro atoms. The summed E-state index contributed by atoms with van der Waals surface area (Å²) in [6.07, 6.45) is 7.82. The molecule has 0 aromatic carbocycles. The van der Waals surface area contributed by atoms with Gasteiger partial charge in [-0.05, 0) is 25.2 Å². The first-order valence-electron chi connectivity index (χ1n) is 10.9. The molecular formula is C21H44N2O6. The zero-order chi connectivity index (χ0) is 22.3. The molecule has 174 valence electrons. The van der Waals surface area contributed by atoms with Crippen molar-refractivity contribution in [2.45, 2.75) is 71.6 Å². The van der Waals surface area contributed by atoms with Gasteiger partial charge in [0.15, 0.2) is 0 Å². The molecule has 0 saturated carbocycles. The minimum Gasteiger partial charge on any atom is -0.481 e. The third-order valence-corrected chi connectivity index (χ3v) is 4.32. The van der Waals surface area contributed by atoms with Crippen LogP contribution in [0.25, 0.3) is 0 Å². The summed E-state index contributed by atoms with van der Waals surface area (Å²) in [6, 6.07) is 0.